The quantitative estimate of drug-likeness (QED) is 0.680. The molecule has 0 fully saturated rings. The van der Waals surface area contributed by atoms with Crippen LogP contribution in [0.1, 0.15) is 11.3 Å². The molecule has 112 valence electrons. The molecule has 2 rings (SSSR count). The lowest BCUT2D eigenvalue weighted by Gasteiger charge is -2.07. The molecule has 0 saturated heterocycles. The van der Waals surface area contributed by atoms with Crippen LogP contribution in [0, 0.1) is 24.0 Å². The molecule has 1 aromatic heterocycles. The summed E-state index contributed by atoms with van der Waals surface area (Å²) in [5.74, 6) is -0.0601. The number of hydrogen-bond donors (Lipinski definition) is 1. The Balaban J connectivity index is 2.47. The fourth-order valence-corrected chi connectivity index (χ4v) is 3.07. The van der Waals surface area contributed by atoms with Crippen LogP contribution < -0.4 is 4.72 Å². The summed E-state index contributed by atoms with van der Waals surface area (Å²) in [6.45, 7) is 3.27. The van der Waals surface area contributed by atoms with Gasteiger partial charge in [-0.1, -0.05) is 16.8 Å². The van der Waals surface area contributed by atoms with Crippen molar-refractivity contribution >= 4 is 33.2 Å². The first-order chi connectivity index (χ1) is 9.72. The number of halogens is 1. The van der Waals surface area contributed by atoms with E-state index in [2.05, 4.69) is 9.88 Å². The number of anilines is 1. The monoisotopic (exact) mass is 331 g/mol. The van der Waals surface area contributed by atoms with Crippen LogP contribution in [-0.2, 0) is 10.0 Å². The number of sulfonamides is 1. The maximum Gasteiger partial charge on any atom is 0.270 e. The fraction of sp³-hybridized carbons (Fsp3) is 0.182. The van der Waals surface area contributed by atoms with Gasteiger partial charge >= 0.3 is 0 Å². The van der Waals surface area contributed by atoms with Crippen molar-refractivity contribution in [1.29, 1.82) is 0 Å². The number of nitro benzene ring substituents is 1. The highest BCUT2D eigenvalue weighted by atomic mass is 35.5. The van der Waals surface area contributed by atoms with Crippen LogP contribution in [0.15, 0.2) is 27.6 Å². The number of aromatic nitrogens is 1. The summed E-state index contributed by atoms with van der Waals surface area (Å²) in [5, 5.41) is 14.2. The molecule has 0 aliphatic heterocycles. The first-order valence-electron chi connectivity index (χ1n) is 5.62. The molecule has 10 heteroatoms. The minimum Gasteiger partial charge on any atom is -0.337 e. The van der Waals surface area contributed by atoms with E-state index in [0.717, 1.165) is 18.2 Å². The molecule has 0 aliphatic carbocycles. The molecule has 0 spiro atoms. The number of nitrogens with zero attached hydrogens (tertiary/aromatic N) is 2. The van der Waals surface area contributed by atoms with Crippen molar-refractivity contribution in [1.82, 2.24) is 5.16 Å². The zero-order valence-corrected chi connectivity index (χ0v) is 12.5. The van der Waals surface area contributed by atoms with Crippen molar-refractivity contribution in [2.75, 3.05) is 4.72 Å². The lowest BCUT2D eigenvalue weighted by molar-refractivity contribution is -0.385. The van der Waals surface area contributed by atoms with E-state index in [9.17, 15) is 18.5 Å². The van der Waals surface area contributed by atoms with E-state index in [0.29, 0.717) is 11.3 Å². The minimum atomic E-state index is -4.13. The Hall–Kier alpha value is -2.13. The zero-order chi connectivity index (χ0) is 15.8. The van der Waals surface area contributed by atoms with Crippen LogP contribution in [0.2, 0.25) is 5.02 Å². The van der Waals surface area contributed by atoms with Gasteiger partial charge in [0.05, 0.1) is 15.6 Å². The van der Waals surface area contributed by atoms with Crippen LogP contribution >= 0.6 is 11.6 Å². The topological polar surface area (TPSA) is 115 Å². The van der Waals surface area contributed by atoms with Crippen molar-refractivity contribution in [2.24, 2.45) is 0 Å². The predicted molar refractivity (Wildman–Crippen MR) is 74.9 cm³/mol. The van der Waals surface area contributed by atoms with Crippen molar-refractivity contribution in [3.8, 4) is 0 Å². The fourth-order valence-electron chi connectivity index (χ4n) is 1.50. The molecule has 1 heterocycles. The Morgan fingerprint density at radius 1 is 1.38 bits per heavy atom. The van der Waals surface area contributed by atoms with Gasteiger partial charge in [-0.05, 0) is 19.9 Å². The third kappa shape index (κ3) is 2.98. The average Bonchev–Trinajstić information content (AvgIpc) is 2.70. The van der Waals surface area contributed by atoms with E-state index in [4.69, 9.17) is 16.1 Å². The predicted octanol–water partition coefficient (Wildman–Crippen LogP) is 2.65. The van der Waals surface area contributed by atoms with Crippen LogP contribution in [0.25, 0.3) is 0 Å². The summed E-state index contributed by atoms with van der Waals surface area (Å²) < 4.78 is 31.5. The highest BCUT2D eigenvalue weighted by Gasteiger charge is 2.24. The summed E-state index contributed by atoms with van der Waals surface area (Å²) in [4.78, 5) is 9.61. The van der Waals surface area contributed by atoms with E-state index >= 15 is 0 Å². The van der Waals surface area contributed by atoms with Gasteiger partial charge in [0.25, 0.3) is 15.7 Å². The Morgan fingerprint density at radius 3 is 2.57 bits per heavy atom. The third-order valence-electron chi connectivity index (χ3n) is 2.80. The third-order valence-corrected chi connectivity index (χ3v) is 4.61. The van der Waals surface area contributed by atoms with E-state index in [-0.39, 0.29) is 16.6 Å². The van der Waals surface area contributed by atoms with E-state index < -0.39 is 19.8 Å². The first kappa shape index (κ1) is 15.3. The molecule has 0 bridgehead atoms. The number of aryl methyl sites for hydroxylation is 1. The minimum absolute atomic E-state index is 0.0601. The van der Waals surface area contributed by atoms with Gasteiger partial charge in [0, 0.05) is 17.7 Å². The molecule has 0 saturated carbocycles. The number of nitrogens with one attached hydrogen (secondary N) is 1. The van der Waals surface area contributed by atoms with Crippen LogP contribution in [0.4, 0.5) is 11.6 Å². The van der Waals surface area contributed by atoms with Crippen molar-refractivity contribution in [3.05, 3.63) is 44.6 Å². The first-order valence-corrected chi connectivity index (χ1v) is 7.48. The second kappa shape index (κ2) is 5.34. The molecule has 1 N–H and O–H groups in total. The summed E-state index contributed by atoms with van der Waals surface area (Å²) >= 11 is 5.81. The lowest BCUT2D eigenvalue weighted by Crippen LogP contribution is -2.14. The maximum atomic E-state index is 12.3. The smallest absolute Gasteiger partial charge is 0.270 e. The molecule has 8 nitrogen and oxygen atoms in total. The normalized spacial score (nSPS) is 11.4. The molecule has 0 atom stereocenters. The van der Waals surface area contributed by atoms with Crippen LogP contribution in [0.5, 0.6) is 0 Å². The van der Waals surface area contributed by atoms with E-state index in [1.807, 2.05) is 0 Å². The van der Waals surface area contributed by atoms with Crippen LogP contribution in [0.3, 0.4) is 0 Å². The van der Waals surface area contributed by atoms with Gasteiger partial charge in [-0.3, -0.25) is 10.1 Å². The van der Waals surface area contributed by atoms with Crippen molar-refractivity contribution < 1.29 is 17.9 Å². The van der Waals surface area contributed by atoms with Gasteiger partial charge in [0.1, 0.15) is 4.90 Å². The molecule has 21 heavy (non-hydrogen) atoms. The molecular formula is C11H10ClN3O5S. The van der Waals surface area contributed by atoms with Crippen LogP contribution in [-0.4, -0.2) is 18.5 Å². The van der Waals surface area contributed by atoms with Gasteiger partial charge < -0.3 is 4.52 Å². The van der Waals surface area contributed by atoms with E-state index in [1.54, 1.807) is 13.8 Å². The highest BCUT2D eigenvalue weighted by Crippen LogP contribution is 2.29. The molecule has 1 aromatic carbocycles. The van der Waals surface area contributed by atoms with Gasteiger partial charge in [-0.25, -0.2) is 13.1 Å². The van der Waals surface area contributed by atoms with Crippen molar-refractivity contribution in [2.45, 2.75) is 18.7 Å². The zero-order valence-electron chi connectivity index (χ0n) is 11.0. The van der Waals surface area contributed by atoms with Gasteiger partial charge in [0.15, 0.2) is 0 Å². The molecule has 0 unspecified atom stereocenters. The number of hydrogen-bond acceptors (Lipinski definition) is 6. The summed E-state index contributed by atoms with van der Waals surface area (Å²) in [6.07, 6.45) is 0. The Kier molecular flexibility index (Phi) is 3.88. The number of rotatable bonds is 4. The summed E-state index contributed by atoms with van der Waals surface area (Å²) in [6, 6.07) is 3.14. The summed E-state index contributed by atoms with van der Waals surface area (Å²) in [5.41, 5.74) is 0.656. The van der Waals surface area contributed by atoms with Crippen molar-refractivity contribution in [3.63, 3.8) is 0 Å². The standard InChI is InChI=1S/C11H10ClN3O5S/c1-6-7(2)13-20-11(6)14-21(18,19)10-5-8(15(16)17)3-4-9(10)12/h3-5,14H,1-2H3. The maximum absolute atomic E-state index is 12.3. The highest BCUT2D eigenvalue weighted by molar-refractivity contribution is 7.92. The average molecular weight is 332 g/mol. The second-order valence-electron chi connectivity index (χ2n) is 4.20. The largest absolute Gasteiger partial charge is 0.337 e. The Bertz CT molecular complexity index is 815. The van der Waals surface area contributed by atoms with Gasteiger partial charge in [-0.2, -0.15) is 0 Å². The number of non-ortho nitro benzene ring substituents is 1. The SMILES string of the molecule is Cc1noc(NS(=O)(=O)c2cc([N+](=O)[O-])ccc2Cl)c1C. The molecular weight excluding hydrogens is 322 g/mol. The molecule has 2 aromatic rings. The van der Waals surface area contributed by atoms with E-state index in [1.165, 1.54) is 0 Å². The second-order valence-corrected chi connectivity index (χ2v) is 6.26. The Morgan fingerprint density at radius 2 is 2.05 bits per heavy atom. The molecule has 0 radical (unpaired) electrons. The Labute approximate surface area is 124 Å². The molecule has 0 amide bonds. The summed E-state index contributed by atoms with van der Waals surface area (Å²) in [7, 11) is -4.13. The molecule has 0 aliphatic rings. The van der Waals surface area contributed by atoms with Gasteiger partial charge in [-0.15, -0.1) is 0 Å². The number of nitro groups is 1. The van der Waals surface area contributed by atoms with Gasteiger partial charge in [0.2, 0.25) is 5.88 Å². The lowest BCUT2D eigenvalue weighted by atomic mass is 10.3. The number of benzene rings is 1.